The third-order valence-electron chi connectivity index (χ3n) is 14.4. The molecule has 2 atom stereocenters. The van der Waals surface area contributed by atoms with Gasteiger partial charge in [-0.15, -0.1) is 0 Å². The van der Waals surface area contributed by atoms with E-state index in [9.17, 15) is 13.6 Å². The van der Waals surface area contributed by atoms with E-state index in [1.807, 2.05) is 46.7 Å². The highest BCUT2D eigenvalue weighted by Gasteiger charge is 2.42. The van der Waals surface area contributed by atoms with Crippen LogP contribution in [0, 0.1) is 25.5 Å². The molecule has 9 rings (SSSR count). The second-order valence-electron chi connectivity index (χ2n) is 18.0. The minimum Gasteiger partial charge on any atom is -0.368 e. The van der Waals surface area contributed by atoms with E-state index in [1.165, 1.54) is 12.1 Å². The topological polar surface area (TPSA) is 79.7 Å². The van der Waals surface area contributed by atoms with Crippen LogP contribution in [-0.4, -0.2) is 74.9 Å². The number of hydrogen-bond donors (Lipinski definition) is 1. The molecule has 63 heavy (non-hydrogen) atoms. The van der Waals surface area contributed by atoms with Crippen LogP contribution in [0.1, 0.15) is 103 Å². The summed E-state index contributed by atoms with van der Waals surface area (Å²) in [5, 5.41) is 3.00. The monoisotopic (exact) mass is 892 g/mol. The molecule has 3 fully saturated rings. The first-order valence-electron chi connectivity index (χ1n) is 22.6. The number of piperidine rings is 3. The molecule has 2 N–H and O–H groups in total. The molecule has 2 amide bonds. The first-order chi connectivity index (χ1) is 30.5. The molecule has 0 radical (unpaired) electrons. The Bertz CT molecular complexity index is 2620. The molecule has 12 heteroatoms. The molecule has 0 bridgehead atoms. The van der Waals surface area contributed by atoms with Gasteiger partial charge in [0.2, 0.25) is 11.8 Å². The number of para-hydroxylation sites is 2. The Kier molecular flexibility index (Phi) is 12.7. The van der Waals surface area contributed by atoms with Crippen LogP contribution in [0.25, 0.3) is 21.8 Å². The van der Waals surface area contributed by atoms with Crippen LogP contribution < -0.4 is 5.73 Å². The maximum absolute atomic E-state index is 15.4. The lowest BCUT2D eigenvalue weighted by Crippen LogP contribution is -2.46. The van der Waals surface area contributed by atoms with Gasteiger partial charge in [0.25, 0.3) is 0 Å². The number of fused-ring (bicyclic) bond motifs is 2. The van der Waals surface area contributed by atoms with Crippen molar-refractivity contribution in [3.63, 3.8) is 0 Å². The molecule has 3 saturated heterocycles. The van der Waals surface area contributed by atoms with Crippen LogP contribution in [0.3, 0.4) is 0 Å². The quantitative estimate of drug-likeness (QED) is 0.141. The normalized spacial score (nSPS) is 18.3. The molecule has 0 saturated carbocycles. The lowest BCUT2D eigenvalue weighted by atomic mass is 9.89. The summed E-state index contributed by atoms with van der Waals surface area (Å²) in [5.41, 5.74) is 13.6. The van der Waals surface area contributed by atoms with Gasteiger partial charge in [-0.1, -0.05) is 71.7 Å². The highest BCUT2D eigenvalue weighted by Crippen LogP contribution is 2.42. The van der Waals surface area contributed by atoms with Crippen molar-refractivity contribution in [1.29, 1.82) is 0 Å². The van der Waals surface area contributed by atoms with Crippen molar-refractivity contribution < 1.29 is 18.4 Å². The van der Waals surface area contributed by atoms with Gasteiger partial charge in [0.05, 0.1) is 0 Å². The standard InChI is InChI=1S/C51H56Cl2F2N6O2/c1-32-38(30-57-26-20-34(21-27-57)46-40(52)14-10-16-42(46)54)36-12-4-6-18-44(36)60(32)48(50(56)62)49(51(63)59-24-8-3-9-25-59)61-33(2)39(37-13-5-7-19-45(37)61)31-58-28-22-35(23-29-58)47-41(53)15-11-17-43(47)55/h4-7,10-19,34-35,48-49H,3,8-9,20-31H2,1-2H3,(H2,56,62). The van der Waals surface area contributed by atoms with Gasteiger partial charge in [0, 0.05) is 80.5 Å². The molecule has 2 unspecified atom stereocenters. The summed E-state index contributed by atoms with van der Waals surface area (Å²) in [6, 6.07) is 24.1. The number of aromatic nitrogens is 2. The average Bonchev–Trinajstić information content (AvgIpc) is 3.71. The van der Waals surface area contributed by atoms with E-state index >= 15 is 4.79 Å². The second-order valence-corrected chi connectivity index (χ2v) is 18.8. The highest BCUT2D eigenvalue weighted by molar-refractivity contribution is 6.31. The summed E-state index contributed by atoms with van der Waals surface area (Å²) in [7, 11) is 0. The summed E-state index contributed by atoms with van der Waals surface area (Å²) >= 11 is 13.0. The Hall–Kier alpha value is -4.74. The van der Waals surface area contributed by atoms with E-state index in [-0.39, 0.29) is 29.4 Å². The summed E-state index contributed by atoms with van der Waals surface area (Å²) in [4.78, 5) is 36.5. The Labute approximate surface area is 378 Å². The lowest BCUT2D eigenvalue weighted by molar-refractivity contribution is -0.140. The first-order valence-corrected chi connectivity index (χ1v) is 23.3. The number of likely N-dealkylation sites (tertiary alicyclic amines) is 3. The van der Waals surface area contributed by atoms with Gasteiger partial charge >= 0.3 is 0 Å². The van der Waals surface area contributed by atoms with Crippen molar-refractivity contribution in [2.75, 3.05) is 39.3 Å². The van der Waals surface area contributed by atoms with E-state index in [1.54, 1.807) is 24.3 Å². The van der Waals surface area contributed by atoms with Gasteiger partial charge in [-0.2, -0.15) is 0 Å². The van der Waals surface area contributed by atoms with Gasteiger partial charge in [-0.3, -0.25) is 19.4 Å². The summed E-state index contributed by atoms with van der Waals surface area (Å²) in [6.45, 7) is 9.67. The molecule has 0 spiro atoms. The number of carbonyl (C=O) groups is 2. The molecule has 3 aliphatic heterocycles. The molecular weight excluding hydrogens is 838 g/mol. The van der Waals surface area contributed by atoms with E-state index in [2.05, 4.69) is 39.5 Å². The molecule has 8 nitrogen and oxygen atoms in total. The van der Waals surface area contributed by atoms with Crippen molar-refractivity contribution >= 4 is 56.8 Å². The van der Waals surface area contributed by atoms with Crippen molar-refractivity contribution in [1.82, 2.24) is 23.8 Å². The third-order valence-corrected chi connectivity index (χ3v) is 15.1. The zero-order valence-corrected chi connectivity index (χ0v) is 37.7. The highest BCUT2D eigenvalue weighted by atomic mass is 35.5. The number of nitrogens with two attached hydrogens (primary N) is 1. The average molecular weight is 894 g/mol. The van der Waals surface area contributed by atoms with E-state index in [0.29, 0.717) is 47.4 Å². The van der Waals surface area contributed by atoms with Crippen molar-refractivity contribution in [3.8, 4) is 0 Å². The summed E-state index contributed by atoms with van der Waals surface area (Å²) < 4.78 is 34.0. The Balaban J connectivity index is 1.08. The molecule has 5 heterocycles. The number of rotatable bonds is 11. The fraction of sp³-hybridized carbons (Fsp3) is 0.412. The predicted molar refractivity (Wildman–Crippen MR) is 248 cm³/mol. The van der Waals surface area contributed by atoms with Gasteiger partial charge in [-0.25, -0.2) is 8.78 Å². The molecule has 0 aliphatic carbocycles. The number of amides is 2. The van der Waals surface area contributed by atoms with Gasteiger partial charge in [-0.05, 0) is 144 Å². The smallest absolute Gasteiger partial charge is 0.248 e. The molecule has 2 aromatic heterocycles. The minimum absolute atomic E-state index is 0.0347. The maximum Gasteiger partial charge on any atom is 0.248 e. The Morgan fingerprint density at radius 3 is 1.46 bits per heavy atom. The van der Waals surface area contributed by atoms with Crippen molar-refractivity contribution in [3.05, 3.63) is 140 Å². The second kappa shape index (κ2) is 18.4. The zero-order chi connectivity index (χ0) is 43.9. The van der Waals surface area contributed by atoms with Gasteiger partial charge in [0.1, 0.15) is 23.7 Å². The minimum atomic E-state index is -1.05. The fourth-order valence-electron chi connectivity index (χ4n) is 11.2. The van der Waals surface area contributed by atoms with Crippen LogP contribution in [0.15, 0.2) is 84.9 Å². The van der Waals surface area contributed by atoms with Gasteiger partial charge in [0.15, 0.2) is 0 Å². The maximum atomic E-state index is 15.4. The van der Waals surface area contributed by atoms with Crippen LogP contribution >= 0.6 is 23.2 Å². The Morgan fingerprint density at radius 1 is 0.603 bits per heavy atom. The molecule has 330 valence electrons. The number of halogens is 4. The van der Waals surface area contributed by atoms with Crippen LogP contribution in [0.4, 0.5) is 8.78 Å². The molecular formula is C51H56Cl2F2N6O2. The Morgan fingerprint density at radius 2 is 1.03 bits per heavy atom. The SMILES string of the molecule is Cc1c(CN2CCC(c3c(F)cccc3Cl)CC2)c2ccccc2n1C(C(N)=O)C(C(=O)N1CCCCC1)n1c(C)c(CN2CCC(c3c(F)cccc3Cl)CC2)c2ccccc21. The van der Waals surface area contributed by atoms with Crippen molar-refractivity contribution in [2.24, 2.45) is 5.73 Å². The molecule has 6 aromatic rings. The number of nitrogens with zero attached hydrogens (tertiary/aromatic N) is 5. The van der Waals surface area contributed by atoms with Crippen LogP contribution in [-0.2, 0) is 22.7 Å². The van der Waals surface area contributed by atoms with Crippen LogP contribution in [0.5, 0.6) is 0 Å². The predicted octanol–water partition coefficient (Wildman–Crippen LogP) is 10.8. The number of carbonyl (C=O) groups excluding carboxylic acids is 2. The van der Waals surface area contributed by atoms with Gasteiger partial charge < -0.3 is 19.8 Å². The summed E-state index contributed by atoms with van der Waals surface area (Å²) in [5.74, 6) is -1.11. The van der Waals surface area contributed by atoms with E-state index in [4.69, 9.17) is 28.9 Å². The third kappa shape index (κ3) is 8.29. The number of benzene rings is 4. The number of primary amides is 1. The van der Waals surface area contributed by atoms with E-state index < -0.39 is 18.0 Å². The fourth-order valence-corrected chi connectivity index (χ4v) is 11.8. The largest absolute Gasteiger partial charge is 0.368 e. The molecule has 3 aliphatic rings. The zero-order valence-electron chi connectivity index (χ0n) is 36.1. The van der Waals surface area contributed by atoms with E-state index in [0.717, 1.165) is 115 Å². The summed E-state index contributed by atoms with van der Waals surface area (Å²) in [6.07, 6.45) is 5.96. The molecule has 4 aromatic carbocycles. The lowest BCUT2D eigenvalue weighted by Gasteiger charge is -2.36. The first kappa shape index (κ1) is 43.5. The van der Waals surface area contributed by atoms with Crippen LogP contribution in [0.2, 0.25) is 10.0 Å². The number of hydrogen-bond acceptors (Lipinski definition) is 4. The van der Waals surface area contributed by atoms with Crippen molar-refractivity contribution in [2.45, 2.75) is 95.8 Å².